The molecule has 1 heterocycles. The average molecular weight is 250 g/mol. The molecule has 6 heteroatoms. The van der Waals surface area contributed by atoms with Crippen LogP contribution in [-0.4, -0.2) is 20.8 Å². The van der Waals surface area contributed by atoms with Crippen LogP contribution in [0.2, 0.25) is 0 Å². The van der Waals surface area contributed by atoms with Crippen molar-refractivity contribution in [2.45, 2.75) is 6.10 Å². The molecule has 13 heavy (non-hydrogen) atoms. The third kappa shape index (κ3) is 1.56. The minimum atomic E-state index is -0.812. The molecule has 0 aliphatic heterocycles. The van der Waals surface area contributed by atoms with Gasteiger partial charge in [0.1, 0.15) is 10.7 Å². The number of aliphatic hydroxyl groups is 1. The maximum Gasteiger partial charge on any atom is 0.328 e. The Kier molecular flexibility index (Phi) is 2.94. The highest BCUT2D eigenvalue weighted by Gasteiger charge is 2.18. The van der Waals surface area contributed by atoms with Crippen LogP contribution in [0.4, 0.5) is 0 Å². The van der Waals surface area contributed by atoms with E-state index in [1.165, 1.54) is 9.13 Å². The van der Waals surface area contributed by atoms with Crippen molar-refractivity contribution in [3.63, 3.8) is 0 Å². The second-order valence-electron chi connectivity index (χ2n) is 2.83. The molecule has 74 valence electrons. The summed E-state index contributed by atoms with van der Waals surface area (Å²) in [7, 11) is 3.22. The molecule has 1 aromatic heterocycles. The standard InChI is InChI=1S/C7H12BrN3O2/c1-10-5(4(12)3-9)6(8)11(2)7(10)13/h4,12H,3,9H2,1-2H3. The number of rotatable bonds is 2. The molecular formula is C7H12BrN3O2. The van der Waals surface area contributed by atoms with Crippen LogP contribution in [0.1, 0.15) is 11.8 Å². The Bertz CT molecular complexity index is 369. The van der Waals surface area contributed by atoms with Crippen LogP contribution < -0.4 is 11.4 Å². The molecule has 0 spiro atoms. The van der Waals surface area contributed by atoms with Crippen molar-refractivity contribution in [3.8, 4) is 0 Å². The summed E-state index contributed by atoms with van der Waals surface area (Å²) in [6.45, 7) is 0.0931. The molecule has 1 atom stereocenters. The Labute approximate surface area is 83.9 Å². The van der Waals surface area contributed by atoms with Gasteiger partial charge in [-0.15, -0.1) is 0 Å². The van der Waals surface area contributed by atoms with Crippen LogP contribution in [0.5, 0.6) is 0 Å². The molecule has 0 radical (unpaired) electrons. The molecule has 0 aliphatic carbocycles. The maximum atomic E-state index is 11.4. The lowest BCUT2D eigenvalue weighted by atomic mass is 10.3. The first-order valence-corrected chi connectivity index (χ1v) is 4.59. The van der Waals surface area contributed by atoms with Gasteiger partial charge in [0, 0.05) is 20.6 Å². The second kappa shape index (κ2) is 3.65. The Hall–Kier alpha value is -0.590. The molecule has 1 aromatic rings. The highest BCUT2D eigenvalue weighted by Crippen LogP contribution is 2.20. The maximum absolute atomic E-state index is 11.4. The fourth-order valence-electron chi connectivity index (χ4n) is 1.19. The van der Waals surface area contributed by atoms with Gasteiger partial charge in [-0.2, -0.15) is 0 Å². The van der Waals surface area contributed by atoms with Crippen LogP contribution in [0.15, 0.2) is 9.40 Å². The molecule has 3 N–H and O–H groups in total. The van der Waals surface area contributed by atoms with Crippen molar-refractivity contribution in [2.24, 2.45) is 19.8 Å². The second-order valence-corrected chi connectivity index (χ2v) is 3.58. The number of hydrogen-bond acceptors (Lipinski definition) is 3. The largest absolute Gasteiger partial charge is 0.385 e. The summed E-state index contributed by atoms with van der Waals surface area (Å²) in [6.07, 6.45) is -0.812. The molecule has 0 bridgehead atoms. The molecule has 0 aromatic carbocycles. The summed E-state index contributed by atoms with van der Waals surface area (Å²) in [5.41, 5.74) is 5.63. The third-order valence-electron chi connectivity index (χ3n) is 1.98. The van der Waals surface area contributed by atoms with Gasteiger partial charge < -0.3 is 10.8 Å². The van der Waals surface area contributed by atoms with Crippen molar-refractivity contribution in [1.82, 2.24) is 9.13 Å². The highest BCUT2D eigenvalue weighted by atomic mass is 79.9. The fourth-order valence-corrected chi connectivity index (χ4v) is 1.88. The monoisotopic (exact) mass is 249 g/mol. The van der Waals surface area contributed by atoms with Crippen molar-refractivity contribution < 1.29 is 5.11 Å². The summed E-state index contributed by atoms with van der Waals surface area (Å²) < 4.78 is 3.36. The van der Waals surface area contributed by atoms with Gasteiger partial charge in [0.05, 0.1) is 5.69 Å². The zero-order valence-corrected chi connectivity index (χ0v) is 9.08. The van der Waals surface area contributed by atoms with Gasteiger partial charge in [0.25, 0.3) is 0 Å². The van der Waals surface area contributed by atoms with Gasteiger partial charge in [-0.3, -0.25) is 9.13 Å². The lowest BCUT2D eigenvalue weighted by molar-refractivity contribution is 0.177. The number of imidazole rings is 1. The summed E-state index contributed by atoms with van der Waals surface area (Å²) >= 11 is 3.22. The van der Waals surface area contributed by atoms with E-state index < -0.39 is 6.10 Å². The Morgan fingerprint density at radius 3 is 2.38 bits per heavy atom. The van der Waals surface area contributed by atoms with E-state index in [0.717, 1.165) is 0 Å². The van der Waals surface area contributed by atoms with Gasteiger partial charge in [0.15, 0.2) is 0 Å². The fraction of sp³-hybridized carbons (Fsp3) is 0.571. The molecule has 1 unspecified atom stereocenters. The van der Waals surface area contributed by atoms with E-state index in [9.17, 15) is 9.90 Å². The van der Waals surface area contributed by atoms with Crippen LogP contribution in [0, 0.1) is 0 Å². The number of nitrogens with zero attached hydrogens (tertiary/aromatic N) is 2. The molecule has 0 aliphatic rings. The van der Waals surface area contributed by atoms with Crippen LogP contribution >= 0.6 is 15.9 Å². The summed E-state index contributed by atoms with van der Waals surface area (Å²) in [6, 6.07) is 0. The lowest BCUT2D eigenvalue weighted by Crippen LogP contribution is -2.22. The van der Waals surface area contributed by atoms with E-state index >= 15 is 0 Å². The SMILES string of the molecule is Cn1c(Br)c(C(O)CN)n(C)c1=O. The minimum absolute atomic E-state index is 0.0931. The molecule has 1 rings (SSSR count). The van der Waals surface area contributed by atoms with Gasteiger partial charge in [-0.1, -0.05) is 0 Å². The molecule has 0 saturated heterocycles. The smallest absolute Gasteiger partial charge is 0.328 e. The first kappa shape index (κ1) is 10.5. The van der Waals surface area contributed by atoms with E-state index in [-0.39, 0.29) is 12.2 Å². The minimum Gasteiger partial charge on any atom is -0.385 e. The Morgan fingerprint density at radius 2 is 2.08 bits per heavy atom. The quantitative estimate of drug-likeness (QED) is 0.741. The topological polar surface area (TPSA) is 73.2 Å². The molecular weight excluding hydrogens is 238 g/mol. The number of nitrogens with two attached hydrogens (primary N) is 1. The van der Waals surface area contributed by atoms with E-state index in [4.69, 9.17) is 5.73 Å². The van der Waals surface area contributed by atoms with E-state index in [1.54, 1.807) is 14.1 Å². The molecule has 0 amide bonds. The average Bonchev–Trinajstić information content (AvgIpc) is 2.30. The van der Waals surface area contributed by atoms with E-state index in [2.05, 4.69) is 15.9 Å². The summed E-state index contributed by atoms with van der Waals surface area (Å²) in [4.78, 5) is 11.4. The molecule has 5 nitrogen and oxygen atoms in total. The predicted molar refractivity (Wildman–Crippen MR) is 52.4 cm³/mol. The van der Waals surface area contributed by atoms with Crippen LogP contribution in [0.3, 0.4) is 0 Å². The summed E-state index contributed by atoms with van der Waals surface area (Å²) in [5.74, 6) is 0. The van der Waals surface area contributed by atoms with Gasteiger partial charge >= 0.3 is 5.69 Å². The lowest BCUT2D eigenvalue weighted by Gasteiger charge is -2.08. The molecule has 0 fully saturated rings. The van der Waals surface area contributed by atoms with Gasteiger partial charge in [-0.05, 0) is 15.9 Å². The number of halogens is 1. The molecule has 0 saturated carbocycles. The van der Waals surface area contributed by atoms with E-state index in [0.29, 0.717) is 10.3 Å². The normalized spacial score (nSPS) is 13.3. The van der Waals surface area contributed by atoms with E-state index in [1.807, 2.05) is 0 Å². The van der Waals surface area contributed by atoms with Crippen LogP contribution in [-0.2, 0) is 14.1 Å². The van der Waals surface area contributed by atoms with Crippen molar-refractivity contribution in [1.29, 1.82) is 0 Å². The van der Waals surface area contributed by atoms with Crippen molar-refractivity contribution >= 4 is 15.9 Å². The van der Waals surface area contributed by atoms with Crippen LogP contribution in [0.25, 0.3) is 0 Å². The third-order valence-corrected chi connectivity index (χ3v) is 2.92. The number of aliphatic hydroxyl groups excluding tert-OH is 1. The van der Waals surface area contributed by atoms with Crippen molar-refractivity contribution in [2.75, 3.05) is 6.54 Å². The zero-order chi connectivity index (χ0) is 10.2. The Morgan fingerprint density at radius 1 is 1.54 bits per heavy atom. The first-order valence-electron chi connectivity index (χ1n) is 3.80. The summed E-state index contributed by atoms with van der Waals surface area (Å²) in [5, 5.41) is 9.50. The van der Waals surface area contributed by atoms with Gasteiger partial charge in [0.2, 0.25) is 0 Å². The van der Waals surface area contributed by atoms with Crippen molar-refractivity contribution in [3.05, 3.63) is 20.8 Å². The Balaban J connectivity index is 3.37. The highest BCUT2D eigenvalue weighted by molar-refractivity contribution is 9.10. The predicted octanol–water partition coefficient (Wildman–Crippen LogP) is -0.522. The number of hydrogen-bond donors (Lipinski definition) is 2. The first-order chi connectivity index (χ1) is 6.00. The van der Waals surface area contributed by atoms with Gasteiger partial charge in [-0.25, -0.2) is 4.79 Å². The number of aromatic nitrogens is 2. The zero-order valence-electron chi connectivity index (χ0n) is 7.49.